The van der Waals surface area contributed by atoms with Crippen molar-refractivity contribution in [3.8, 4) is 107 Å². The molecule has 31 nitrogen and oxygen atoms in total. The summed E-state index contributed by atoms with van der Waals surface area (Å²) in [6, 6.07) is 81.4. The van der Waals surface area contributed by atoms with Crippen LogP contribution in [0.25, 0.3) is 112 Å². The van der Waals surface area contributed by atoms with E-state index in [1.807, 2.05) is 124 Å². The van der Waals surface area contributed by atoms with E-state index in [0.717, 1.165) is 129 Å². The normalized spacial score (nSPS) is 12.3. The molecule has 0 aliphatic carbocycles. The number of sulfonamides is 6. The van der Waals surface area contributed by atoms with E-state index in [1.54, 1.807) is 98.2 Å². The fourth-order valence-corrected chi connectivity index (χ4v) is 17.4. The number of aromatic nitrogens is 8. The molecule has 7 heterocycles. The Morgan fingerprint density at radius 1 is 0.396 bits per heavy atom. The fraction of sp³-hybridized carbons (Fsp3) is 0.0808. The minimum atomic E-state index is -4.73. The SMILES string of the molecule is COc1ccc(-c2cc(C(F)(F)F)nn2-c2ccc(S(N)(=O)=O)cc2)cc1F.Cc1ccc(-c2cc(C(F)(F)F)nn2-c2ccc(S(N)(=O)=O)cc2)cc1.Cc1ccc(-c2ncc(Cl)cc2-c2ccc(S(N)(=O)=O)cc2)cn1.Cc1nc(-c2ccccc2)c(-c2ccc(S(N)(=O)=O)cc2)o1.Cc1onc(-c2ccccc2)c1-c1ccc(S(N)(=O)=O)cc1.NS(=O)(=O)c1ccc(C2=C(c3ccccc3)C(=O)OC2)cc1. The third-order valence-corrected chi connectivity index (χ3v) is 27.0. The maximum Gasteiger partial charge on any atom is 0.435 e. The molecular weight excluding hydrogens is 2020 g/mol. The summed E-state index contributed by atoms with van der Waals surface area (Å²) >= 11 is 6.09. The van der Waals surface area contributed by atoms with Crippen LogP contribution in [0.4, 0.5) is 30.7 Å². The van der Waals surface area contributed by atoms with Crippen molar-refractivity contribution in [2.75, 3.05) is 13.7 Å². The molecule has 0 spiro atoms. The Morgan fingerprint density at radius 3 is 1.20 bits per heavy atom. The average Bonchev–Trinajstić information content (AvgIpc) is 1.62. The van der Waals surface area contributed by atoms with E-state index >= 15 is 0 Å². The maximum atomic E-state index is 14.0. The lowest BCUT2D eigenvalue weighted by Crippen LogP contribution is -2.12. The quantitative estimate of drug-likeness (QED) is 0.0323. The molecule has 0 radical (unpaired) electrons. The molecule has 0 fully saturated rings. The molecule has 17 aromatic rings. The highest BCUT2D eigenvalue weighted by atomic mass is 35.5. The van der Waals surface area contributed by atoms with Gasteiger partial charge in [-0.1, -0.05) is 174 Å². The van der Waals surface area contributed by atoms with Crippen molar-refractivity contribution in [2.24, 2.45) is 30.8 Å². The molecule has 742 valence electrons. The first-order valence-corrected chi connectivity index (χ1v) is 51.6. The summed E-state index contributed by atoms with van der Waals surface area (Å²) in [4.78, 5) is 25.0. The van der Waals surface area contributed by atoms with Gasteiger partial charge in [-0.2, -0.15) is 36.5 Å². The highest BCUT2D eigenvalue weighted by molar-refractivity contribution is 7.90. The first-order valence-electron chi connectivity index (χ1n) is 41.9. The number of rotatable bonds is 19. The lowest BCUT2D eigenvalue weighted by atomic mass is 9.97. The van der Waals surface area contributed by atoms with Crippen molar-refractivity contribution in [1.82, 2.24) is 39.7 Å². The molecule has 6 aromatic heterocycles. The van der Waals surface area contributed by atoms with Crippen LogP contribution in [0.3, 0.4) is 0 Å². The number of methoxy groups -OCH3 is 1. The fourth-order valence-electron chi connectivity index (χ4n) is 14.2. The van der Waals surface area contributed by atoms with Gasteiger partial charge in [-0.25, -0.2) is 105 Å². The predicted octanol–water partition coefficient (Wildman–Crippen LogP) is 18.0. The van der Waals surface area contributed by atoms with Gasteiger partial charge in [0.25, 0.3) is 0 Å². The molecular formula is C99H82ClF7N14O17S6. The van der Waals surface area contributed by atoms with E-state index in [9.17, 15) is 86.0 Å². The second-order valence-electron chi connectivity index (χ2n) is 31.4. The van der Waals surface area contributed by atoms with Crippen molar-refractivity contribution < 1.29 is 104 Å². The first-order chi connectivity index (χ1) is 67.8. The van der Waals surface area contributed by atoms with Gasteiger partial charge in [0.2, 0.25) is 60.1 Å². The van der Waals surface area contributed by atoms with Crippen molar-refractivity contribution in [3.63, 3.8) is 0 Å². The largest absolute Gasteiger partial charge is 0.494 e. The van der Waals surface area contributed by atoms with Crippen molar-refractivity contribution in [3.05, 3.63) is 378 Å². The summed E-state index contributed by atoms with van der Waals surface area (Å²) in [6.45, 7) is 7.54. The van der Waals surface area contributed by atoms with Gasteiger partial charge in [0, 0.05) is 69.5 Å². The van der Waals surface area contributed by atoms with Gasteiger partial charge in [0.15, 0.2) is 34.6 Å². The molecule has 0 bridgehead atoms. The number of benzene rings is 11. The number of carbonyl (C=O) groups is 1. The lowest BCUT2D eigenvalue weighted by Gasteiger charge is -2.10. The molecule has 0 atom stereocenters. The monoisotopic (exact) mass is 2100 g/mol. The van der Waals surface area contributed by atoms with Gasteiger partial charge in [-0.05, 0) is 201 Å². The Hall–Kier alpha value is -15.2. The molecule has 1 aliphatic heterocycles. The average molecular weight is 2100 g/mol. The Morgan fingerprint density at radius 2 is 0.785 bits per heavy atom. The Kier molecular flexibility index (Phi) is 32.2. The number of primary sulfonamides is 6. The summed E-state index contributed by atoms with van der Waals surface area (Å²) < 4.78 is 252. The summed E-state index contributed by atoms with van der Waals surface area (Å²) in [7, 11) is -21.5. The Balaban J connectivity index is 0.000000145. The first kappa shape index (κ1) is 106. The molecule has 45 heteroatoms. The zero-order valence-electron chi connectivity index (χ0n) is 75.8. The number of hydrogen-bond acceptors (Lipinski definition) is 23. The second-order valence-corrected chi connectivity index (χ2v) is 41.2. The van der Waals surface area contributed by atoms with Gasteiger partial charge >= 0.3 is 18.3 Å². The zero-order valence-corrected chi connectivity index (χ0v) is 81.4. The van der Waals surface area contributed by atoms with E-state index in [0.29, 0.717) is 33.6 Å². The number of cyclic esters (lactones) is 1. The van der Waals surface area contributed by atoms with E-state index in [1.165, 1.54) is 104 Å². The van der Waals surface area contributed by atoms with Gasteiger partial charge in [0.05, 0.1) is 81.1 Å². The number of nitrogens with two attached hydrogens (primary N) is 6. The number of ether oxygens (including phenoxy) is 2. The van der Waals surface area contributed by atoms with Crippen LogP contribution in [0.2, 0.25) is 5.02 Å². The molecule has 18 rings (SSSR count). The number of pyridine rings is 2. The molecule has 11 aromatic carbocycles. The van der Waals surface area contributed by atoms with Crippen LogP contribution in [0, 0.1) is 33.5 Å². The summed E-state index contributed by atoms with van der Waals surface area (Å²) in [5.74, 6) is 0.613. The van der Waals surface area contributed by atoms with Crippen molar-refractivity contribution in [2.45, 2.75) is 69.4 Å². The van der Waals surface area contributed by atoms with Crippen LogP contribution in [0.15, 0.2) is 360 Å². The topological polar surface area (TPSA) is 510 Å². The molecule has 0 saturated heterocycles. The van der Waals surface area contributed by atoms with Crippen molar-refractivity contribution in [1.29, 1.82) is 0 Å². The summed E-state index contributed by atoms with van der Waals surface area (Å²) in [5.41, 5.74) is 12.5. The van der Waals surface area contributed by atoms with Crippen molar-refractivity contribution >= 4 is 88.9 Å². The Labute approximate surface area is 826 Å². The van der Waals surface area contributed by atoms with Crippen LogP contribution in [-0.2, 0) is 82.0 Å². The zero-order chi connectivity index (χ0) is 104. The van der Waals surface area contributed by atoms with Gasteiger partial charge in [0.1, 0.15) is 23.8 Å². The second kappa shape index (κ2) is 43.7. The molecule has 0 saturated carbocycles. The van der Waals surface area contributed by atoms with Crippen LogP contribution < -0.4 is 35.6 Å². The van der Waals surface area contributed by atoms with Crippen LogP contribution in [0.5, 0.6) is 5.75 Å². The van der Waals surface area contributed by atoms with E-state index in [2.05, 4.69) is 30.3 Å². The standard InChI is InChI=1S/C17H14ClN3O2S.C17H13F4N3O3S.C17H14F3N3O2S.2C16H14N2O3S.C16H13NO4S/c1-11-2-3-13(9-20-11)17-16(8-14(18)10-21-17)12-4-6-15(7-5-12)24(19,22)23;1-27-15-7-2-10(8-13(15)18)14-9-16(17(19,20)21)23-24(14)11-3-5-12(6-4-11)28(22,25)26;1-11-2-4-12(5-3-11)15-10-16(17(18,19)20)22-23(15)13-6-8-14(9-7-13)26(21,24)25;1-11-15(12-7-9-14(10-8-12)22(17,19)20)16(18-21-11)13-5-3-2-4-6-13;1-11-18-15(12-5-3-2-4-6-12)16(21-11)13-7-9-14(10-8-13)22(17,19)20;17-22(19,20)13-8-6-11(7-9-13)14-10-21-16(18)15(14)12-4-2-1-3-5-12/h2-10H,1H3,(H2,19,22,23);2-9H,1H3,(H2,22,25,26);2-10H,1H3,(H2,21,24,25);2*2-10H,1H3,(H2,17,19,20);1-9H,10H2,(H2,17,19,20). The number of oxazole rings is 1. The molecule has 0 unspecified atom stereocenters. The number of alkyl halides is 6. The summed E-state index contributed by atoms with van der Waals surface area (Å²) in [5, 5.41) is 42.3. The minimum absolute atomic E-state index is 0.0309. The molecule has 1 aliphatic rings. The summed E-state index contributed by atoms with van der Waals surface area (Å²) in [6.07, 6.45) is -6.02. The van der Waals surface area contributed by atoms with E-state index in [4.69, 9.17) is 60.8 Å². The number of esters is 1. The third-order valence-electron chi connectivity index (χ3n) is 21.2. The van der Waals surface area contributed by atoms with Gasteiger partial charge < -0.3 is 18.4 Å². The third kappa shape index (κ3) is 26.6. The van der Waals surface area contributed by atoms with Gasteiger partial charge in [-0.15, -0.1) is 0 Å². The number of halogens is 8. The number of aryl methyl sites for hydroxylation is 4. The van der Waals surface area contributed by atoms with E-state index in [-0.39, 0.29) is 76.0 Å². The Bertz CT molecular complexity index is 8310. The van der Waals surface area contributed by atoms with Crippen LogP contribution in [0.1, 0.15) is 45.4 Å². The predicted molar refractivity (Wildman–Crippen MR) is 525 cm³/mol. The molecule has 0 amide bonds. The van der Waals surface area contributed by atoms with Crippen LogP contribution in [-0.4, -0.2) is 110 Å². The highest BCUT2D eigenvalue weighted by Crippen LogP contribution is 2.42. The molecule has 144 heavy (non-hydrogen) atoms. The van der Waals surface area contributed by atoms with Gasteiger partial charge in [-0.3, -0.25) is 9.97 Å². The minimum Gasteiger partial charge on any atom is -0.494 e. The van der Waals surface area contributed by atoms with Crippen LogP contribution >= 0.6 is 11.6 Å². The molecule has 12 N–H and O–H groups in total. The smallest absolute Gasteiger partial charge is 0.435 e. The number of carbonyl (C=O) groups excluding carboxylic acids is 1. The maximum absolute atomic E-state index is 14.0. The highest BCUT2D eigenvalue weighted by Gasteiger charge is 2.38. The number of hydrogen-bond donors (Lipinski definition) is 6. The lowest BCUT2D eigenvalue weighted by molar-refractivity contribution is -0.142. The number of nitrogens with zero attached hydrogens (tertiary/aromatic N) is 8. The van der Waals surface area contributed by atoms with E-state index < -0.39 is 89.7 Å².